The van der Waals surface area contributed by atoms with E-state index in [9.17, 15) is 8.78 Å². The molecule has 0 aliphatic heterocycles. The number of benzene rings is 1. The molecule has 2 unspecified atom stereocenters. The average Bonchev–Trinajstić information content (AvgIpc) is 2.77. The van der Waals surface area contributed by atoms with Crippen molar-refractivity contribution < 1.29 is 13.5 Å². The Morgan fingerprint density at radius 1 is 1.37 bits per heavy atom. The zero-order valence-electron chi connectivity index (χ0n) is 10.1. The first-order chi connectivity index (χ1) is 8.99. The van der Waals surface area contributed by atoms with Gasteiger partial charge in [0.05, 0.1) is 0 Å². The van der Waals surface area contributed by atoms with Crippen LogP contribution in [-0.4, -0.2) is 6.04 Å². The highest BCUT2D eigenvalue weighted by Gasteiger charge is 2.22. The van der Waals surface area contributed by atoms with Crippen molar-refractivity contribution in [1.29, 1.82) is 0 Å². The molecule has 0 spiro atoms. The zero-order chi connectivity index (χ0) is 14.0. The van der Waals surface area contributed by atoms with Crippen LogP contribution in [0.4, 0.5) is 8.78 Å². The Balaban J connectivity index is 2.29. The SMILES string of the molecule is CC(N)C(Oc1cccc(F)c1F)c1cc(Br)cs1. The van der Waals surface area contributed by atoms with Crippen molar-refractivity contribution in [3.05, 3.63) is 50.6 Å². The highest BCUT2D eigenvalue weighted by molar-refractivity contribution is 9.10. The van der Waals surface area contributed by atoms with Gasteiger partial charge >= 0.3 is 0 Å². The van der Waals surface area contributed by atoms with Crippen molar-refractivity contribution in [2.75, 3.05) is 0 Å². The number of nitrogens with two attached hydrogens (primary N) is 1. The van der Waals surface area contributed by atoms with Crippen molar-refractivity contribution in [2.45, 2.75) is 19.1 Å². The van der Waals surface area contributed by atoms with Gasteiger partial charge in [-0.15, -0.1) is 11.3 Å². The van der Waals surface area contributed by atoms with E-state index in [1.807, 2.05) is 11.4 Å². The molecule has 1 aromatic carbocycles. The molecule has 1 heterocycles. The molecule has 102 valence electrons. The lowest BCUT2D eigenvalue weighted by Gasteiger charge is -2.21. The standard InChI is InChI=1S/C13H12BrF2NOS/c1-7(17)13(11-5-8(14)6-19-11)18-10-4-2-3-9(15)12(10)16/h2-7,13H,17H2,1H3. The lowest BCUT2D eigenvalue weighted by molar-refractivity contribution is 0.174. The molecule has 6 heteroatoms. The Labute approximate surface area is 122 Å². The topological polar surface area (TPSA) is 35.2 Å². The molecule has 0 aliphatic rings. The Kier molecular flexibility index (Phi) is 4.54. The van der Waals surface area contributed by atoms with Crippen LogP contribution in [0.2, 0.25) is 0 Å². The van der Waals surface area contributed by atoms with Crippen LogP contribution in [0.3, 0.4) is 0 Å². The van der Waals surface area contributed by atoms with Gasteiger partial charge in [-0.3, -0.25) is 0 Å². The molecule has 19 heavy (non-hydrogen) atoms. The second-order valence-electron chi connectivity index (χ2n) is 4.12. The summed E-state index contributed by atoms with van der Waals surface area (Å²) in [4.78, 5) is 0.852. The van der Waals surface area contributed by atoms with Gasteiger partial charge in [0.2, 0.25) is 5.82 Å². The Bertz CT molecular complexity index is 574. The van der Waals surface area contributed by atoms with Crippen LogP contribution in [0.15, 0.2) is 34.1 Å². The van der Waals surface area contributed by atoms with Gasteiger partial charge in [0.25, 0.3) is 0 Å². The minimum atomic E-state index is -0.997. The van der Waals surface area contributed by atoms with E-state index in [0.717, 1.165) is 15.4 Å². The van der Waals surface area contributed by atoms with Crippen molar-refractivity contribution in [2.24, 2.45) is 5.73 Å². The molecule has 0 aliphatic carbocycles. The second kappa shape index (κ2) is 5.98. The molecule has 2 rings (SSSR count). The summed E-state index contributed by atoms with van der Waals surface area (Å²) in [5.41, 5.74) is 5.86. The highest BCUT2D eigenvalue weighted by atomic mass is 79.9. The van der Waals surface area contributed by atoms with Gasteiger partial charge in [0.1, 0.15) is 6.10 Å². The fourth-order valence-corrected chi connectivity index (χ4v) is 3.20. The fourth-order valence-electron chi connectivity index (χ4n) is 1.61. The number of halogens is 3. The van der Waals surface area contributed by atoms with E-state index < -0.39 is 17.7 Å². The molecule has 1 aromatic heterocycles. The number of thiophene rings is 1. The molecule has 2 atom stereocenters. The molecule has 2 aromatic rings. The first-order valence-electron chi connectivity index (χ1n) is 5.59. The average molecular weight is 348 g/mol. The van der Waals surface area contributed by atoms with Crippen molar-refractivity contribution in [1.82, 2.24) is 0 Å². The van der Waals surface area contributed by atoms with Gasteiger partial charge in [-0.1, -0.05) is 6.07 Å². The first-order valence-corrected chi connectivity index (χ1v) is 7.26. The van der Waals surface area contributed by atoms with Gasteiger partial charge in [-0.05, 0) is 41.1 Å². The van der Waals surface area contributed by atoms with Crippen LogP contribution in [0.25, 0.3) is 0 Å². The Morgan fingerprint density at radius 2 is 2.11 bits per heavy atom. The highest BCUT2D eigenvalue weighted by Crippen LogP contribution is 2.32. The largest absolute Gasteiger partial charge is 0.480 e. The van der Waals surface area contributed by atoms with E-state index in [1.54, 1.807) is 6.92 Å². The molecule has 0 radical (unpaired) electrons. The summed E-state index contributed by atoms with van der Waals surface area (Å²) in [6, 6.07) is 5.33. The van der Waals surface area contributed by atoms with E-state index in [0.29, 0.717) is 0 Å². The van der Waals surface area contributed by atoms with Gasteiger partial charge in [-0.25, -0.2) is 4.39 Å². The van der Waals surface area contributed by atoms with Gasteiger partial charge in [-0.2, -0.15) is 4.39 Å². The molecule has 0 saturated carbocycles. The van der Waals surface area contributed by atoms with E-state index in [1.165, 1.54) is 23.5 Å². The lowest BCUT2D eigenvalue weighted by Crippen LogP contribution is -2.28. The summed E-state index contributed by atoms with van der Waals surface area (Å²) in [5, 5.41) is 1.88. The number of hydrogen-bond acceptors (Lipinski definition) is 3. The summed E-state index contributed by atoms with van der Waals surface area (Å²) in [6.07, 6.45) is -0.521. The third-order valence-electron chi connectivity index (χ3n) is 2.52. The molecular weight excluding hydrogens is 336 g/mol. The maximum Gasteiger partial charge on any atom is 0.200 e. The predicted molar refractivity (Wildman–Crippen MR) is 75.4 cm³/mol. The van der Waals surface area contributed by atoms with E-state index >= 15 is 0 Å². The maximum atomic E-state index is 13.6. The summed E-state index contributed by atoms with van der Waals surface area (Å²) < 4.78 is 33.2. The molecule has 2 N–H and O–H groups in total. The third kappa shape index (κ3) is 3.32. The second-order valence-corrected chi connectivity index (χ2v) is 5.98. The number of rotatable bonds is 4. The van der Waals surface area contributed by atoms with E-state index in [4.69, 9.17) is 10.5 Å². The molecule has 2 nitrogen and oxygen atoms in total. The predicted octanol–water partition coefficient (Wildman–Crippen LogP) is 4.26. The molecular formula is C13H12BrF2NOS. The Morgan fingerprint density at radius 3 is 2.68 bits per heavy atom. The Hall–Kier alpha value is -0.980. The summed E-state index contributed by atoms with van der Waals surface area (Å²) in [7, 11) is 0. The smallest absolute Gasteiger partial charge is 0.200 e. The van der Waals surface area contributed by atoms with E-state index in [-0.39, 0.29) is 11.8 Å². The fraction of sp³-hybridized carbons (Fsp3) is 0.231. The van der Waals surface area contributed by atoms with Crippen LogP contribution in [-0.2, 0) is 0 Å². The van der Waals surface area contributed by atoms with Crippen LogP contribution >= 0.6 is 27.3 Å². The normalized spacial score (nSPS) is 14.2. The summed E-state index contributed by atoms with van der Waals surface area (Å²) in [6.45, 7) is 1.76. The van der Waals surface area contributed by atoms with Gasteiger partial charge in [0, 0.05) is 20.8 Å². The van der Waals surface area contributed by atoms with Gasteiger partial charge in [0.15, 0.2) is 11.6 Å². The minimum Gasteiger partial charge on any atom is -0.480 e. The third-order valence-corrected chi connectivity index (χ3v) is 4.27. The summed E-state index contributed by atoms with van der Waals surface area (Å²) >= 11 is 4.79. The van der Waals surface area contributed by atoms with Crippen LogP contribution in [0.1, 0.15) is 17.9 Å². The van der Waals surface area contributed by atoms with Crippen LogP contribution in [0.5, 0.6) is 5.75 Å². The first kappa shape index (κ1) is 14.4. The minimum absolute atomic E-state index is 0.133. The van der Waals surface area contributed by atoms with E-state index in [2.05, 4.69) is 15.9 Å². The molecule has 0 fully saturated rings. The summed E-state index contributed by atoms with van der Waals surface area (Å²) in [5.74, 6) is -2.07. The number of hydrogen-bond donors (Lipinski definition) is 1. The molecule has 0 bridgehead atoms. The van der Waals surface area contributed by atoms with Crippen molar-refractivity contribution in [3.63, 3.8) is 0 Å². The lowest BCUT2D eigenvalue weighted by atomic mass is 10.1. The molecule has 0 amide bonds. The number of ether oxygens (including phenoxy) is 1. The van der Waals surface area contributed by atoms with Crippen molar-refractivity contribution >= 4 is 27.3 Å². The van der Waals surface area contributed by atoms with Crippen LogP contribution < -0.4 is 10.5 Å². The monoisotopic (exact) mass is 347 g/mol. The van der Waals surface area contributed by atoms with Crippen LogP contribution in [0, 0.1) is 11.6 Å². The molecule has 0 saturated heterocycles. The van der Waals surface area contributed by atoms with Gasteiger partial charge < -0.3 is 10.5 Å². The zero-order valence-corrected chi connectivity index (χ0v) is 12.5. The maximum absolute atomic E-state index is 13.6. The quantitative estimate of drug-likeness (QED) is 0.896. The van der Waals surface area contributed by atoms with Crippen molar-refractivity contribution in [3.8, 4) is 5.75 Å².